The third kappa shape index (κ3) is 4.51. The lowest BCUT2D eigenvalue weighted by Gasteiger charge is -2.10. The van der Waals surface area contributed by atoms with Crippen LogP contribution in [0.1, 0.15) is 41.6 Å². The molecule has 134 valence electrons. The molecule has 1 N–H and O–H groups in total. The summed E-state index contributed by atoms with van der Waals surface area (Å²) in [6, 6.07) is 4.71. The molecule has 0 fully saturated rings. The van der Waals surface area contributed by atoms with Gasteiger partial charge in [0.1, 0.15) is 5.75 Å². The first kappa shape index (κ1) is 18.8. The molecule has 7 nitrogen and oxygen atoms in total. The summed E-state index contributed by atoms with van der Waals surface area (Å²) in [5.41, 5.74) is 0.562. The molecule has 0 bridgehead atoms. The van der Waals surface area contributed by atoms with Crippen LogP contribution in [0.25, 0.3) is 0 Å². The molecule has 1 aromatic heterocycles. The SMILES string of the molecule is CCn1cc(NC(=O)c2cc(Cl)ccc2OC)c(C(=O)OC(C)C)n1. The maximum atomic E-state index is 12.6. The van der Waals surface area contributed by atoms with E-state index in [0.717, 1.165) is 0 Å². The highest BCUT2D eigenvalue weighted by molar-refractivity contribution is 6.31. The molecule has 1 aromatic carbocycles. The third-order valence-electron chi connectivity index (χ3n) is 3.28. The number of carbonyl (C=O) groups is 2. The molecule has 1 heterocycles. The number of methoxy groups -OCH3 is 1. The fourth-order valence-electron chi connectivity index (χ4n) is 2.14. The number of esters is 1. The number of benzene rings is 1. The van der Waals surface area contributed by atoms with Crippen LogP contribution < -0.4 is 10.1 Å². The van der Waals surface area contributed by atoms with Gasteiger partial charge in [0.25, 0.3) is 5.91 Å². The van der Waals surface area contributed by atoms with Crippen LogP contribution in [0.15, 0.2) is 24.4 Å². The van der Waals surface area contributed by atoms with Gasteiger partial charge in [0.15, 0.2) is 5.69 Å². The Morgan fingerprint density at radius 2 is 2.08 bits per heavy atom. The van der Waals surface area contributed by atoms with E-state index in [1.165, 1.54) is 13.2 Å². The Hall–Kier alpha value is -2.54. The number of nitrogens with one attached hydrogen (secondary N) is 1. The van der Waals surface area contributed by atoms with Gasteiger partial charge in [-0.2, -0.15) is 5.10 Å². The predicted molar refractivity (Wildman–Crippen MR) is 94.4 cm³/mol. The third-order valence-corrected chi connectivity index (χ3v) is 3.51. The van der Waals surface area contributed by atoms with Crippen molar-refractivity contribution in [3.8, 4) is 5.75 Å². The van der Waals surface area contributed by atoms with Crippen molar-refractivity contribution in [3.05, 3.63) is 40.7 Å². The van der Waals surface area contributed by atoms with Gasteiger partial charge in [-0.1, -0.05) is 11.6 Å². The fraction of sp³-hybridized carbons (Fsp3) is 0.353. The molecule has 1 amide bonds. The van der Waals surface area contributed by atoms with Crippen molar-refractivity contribution >= 4 is 29.2 Å². The molecule has 2 rings (SSSR count). The minimum Gasteiger partial charge on any atom is -0.496 e. The summed E-state index contributed by atoms with van der Waals surface area (Å²) in [5, 5.41) is 7.23. The maximum absolute atomic E-state index is 12.6. The highest BCUT2D eigenvalue weighted by Gasteiger charge is 2.22. The molecule has 0 spiro atoms. The van der Waals surface area contributed by atoms with Crippen molar-refractivity contribution in [2.24, 2.45) is 0 Å². The Labute approximate surface area is 150 Å². The van der Waals surface area contributed by atoms with E-state index in [1.54, 1.807) is 36.9 Å². The van der Waals surface area contributed by atoms with Crippen molar-refractivity contribution < 1.29 is 19.1 Å². The van der Waals surface area contributed by atoms with Crippen LogP contribution in [-0.2, 0) is 11.3 Å². The molecular weight excluding hydrogens is 346 g/mol. The highest BCUT2D eigenvalue weighted by Crippen LogP contribution is 2.25. The van der Waals surface area contributed by atoms with Crippen LogP contribution in [0, 0.1) is 0 Å². The Morgan fingerprint density at radius 1 is 1.36 bits per heavy atom. The number of anilines is 1. The number of hydrogen-bond acceptors (Lipinski definition) is 5. The molecule has 0 saturated heterocycles. The Balaban J connectivity index is 2.33. The van der Waals surface area contributed by atoms with Gasteiger partial charge in [0, 0.05) is 17.8 Å². The molecule has 8 heteroatoms. The van der Waals surface area contributed by atoms with Gasteiger partial charge in [-0.15, -0.1) is 0 Å². The minimum absolute atomic E-state index is 0.0462. The molecule has 0 unspecified atom stereocenters. The van der Waals surface area contributed by atoms with Crippen LogP contribution in [0.4, 0.5) is 5.69 Å². The molecule has 0 aliphatic carbocycles. The van der Waals surface area contributed by atoms with Crippen molar-refractivity contribution in [1.29, 1.82) is 0 Å². The largest absolute Gasteiger partial charge is 0.496 e. The van der Waals surface area contributed by atoms with E-state index in [4.69, 9.17) is 21.1 Å². The van der Waals surface area contributed by atoms with Gasteiger partial charge in [0.2, 0.25) is 0 Å². The van der Waals surface area contributed by atoms with Crippen molar-refractivity contribution in [3.63, 3.8) is 0 Å². The van der Waals surface area contributed by atoms with Gasteiger partial charge in [-0.25, -0.2) is 4.79 Å². The summed E-state index contributed by atoms with van der Waals surface area (Å²) in [4.78, 5) is 24.8. The second kappa shape index (κ2) is 8.02. The van der Waals surface area contributed by atoms with Gasteiger partial charge >= 0.3 is 5.97 Å². The Morgan fingerprint density at radius 3 is 2.68 bits per heavy atom. The number of ether oxygens (including phenoxy) is 2. The zero-order valence-electron chi connectivity index (χ0n) is 14.5. The van der Waals surface area contributed by atoms with E-state index in [0.29, 0.717) is 17.3 Å². The number of aromatic nitrogens is 2. The quantitative estimate of drug-likeness (QED) is 0.793. The Kier molecular flexibility index (Phi) is 6.03. The number of rotatable bonds is 6. The maximum Gasteiger partial charge on any atom is 0.361 e. The van der Waals surface area contributed by atoms with E-state index in [2.05, 4.69) is 10.4 Å². The van der Waals surface area contributed by atoms with Crippen LogP contribution in [0.2, 0.25) is 5.02 Å². The first-order valence-electron chi connectivity index (χ1n) is 7.79. The summed E-state index contributed by atoms with van der Waals surface area (Å²) >= 11 is 5.96. The summed E-state index contributed by atoms with van der Waals surface area (Å²) < 4.78 is 11.9. The number of carbonyl (C=O) groups excluding carboxylic acids is 2. The van der Waals surface area contributed by atoms with E-state index in [-0.39, 0.29) is 23.0 Å². The van der Waals surface area contributed by atoms with Gasteiger partial charge in [0.05, 0.1) is 24.5 Å². The number of aryl methyl sites for hydroxylation is 1. The molecule has 25 heavy (non-hydrogen) atoms. The van der Waals surface area contributed by atoms with Gasteiger partial charge in [-0.05, 0) is 39.0 Å². The first-order chi connectivity index (χ1) is 11.8. The second-order valence-corrected chi connectivity index (χ2v) is 5.94. The summed E-state index contributed by atoms with van der Waals surface area (Å²) in [6.07, 6.45) is 1.28. The van der Waals surface area contributed by atoms with Crippen molar-refractivity contribution in [1.82, 2.24) is 9.78 Å². The Bertz CT molecular complexity index is 786. The molecule has 2 aromatic rings. The van der Waals surface area contributed by atoms with Crippen LogP contribution in [-0.4, -0.2) is 34.9 Å². The zero-order valence-corrected chi connectivity index (χ0v) is 15.3. The predicted octanol–water partition coefficient (Wildman–Crippen LogP) is 3.38. The van der Waals surface area contributed by atoms with E-state index < -0.39 is 11.9 Å². The molecule has 0 aliphatic heterocycles. The van der Waals surface area contributed by atoms with E-state index in [1.807, 2.05) is 6.92 Å². The highest BCUT2D eigenvalue weighted by atomic mass is 35.5. The lowest BCUT2D eigenvalue weighted by Crippen LogP contribution is -2.17. The summed E-state index contributed by atoms with van der Waals surface area (Å²) in [7, 11) is 1.46. The number of halogens is 1. The lowest BCUT2D eigenvalue weighted by atomic mass is 10.2. The number of nitrogens with zero attached hydrogens (tertiary/aromatic N) is 2. The average Bonchev–Trinajstić information content (AvgIpc) is 2.97. The number of amides is 1. The van der Waals surface area contributed by atoms with E-state index >= 15 is 0 Å². The fourth-order valence-corrected chi connectivity index (χ4v) is 2.31. The molecule has 0 radical (unpaired) electrons. The lowest BCUT2D eigenvalue weighted by molar-refractivity contribution is 0.0371. The van der Waals surface area contributed by atoms with Gasteiger partial charge < -0.3 is 14.8 Å². The van der Waals surface area contributed by atoms with Crippen LogP contribution >= 0.6 is 11.6 Å². The number of hydrogen-bond donors (Lipinski definition) is 1. The van der Waals surface area contributed by atoms with Crippen molar-refractivity contribution in [2.75, 3.05) is 12.4 Å². The normalized spacial score (nSPS) is 10.6. The smallest absolute Gasteiger partial charge is 0.361 e. The second-order valence-electron chi connectivity index (χ2n) is 5.50. The first-order valence-corrected chi connectivity index (χ1v) is 8.16. The molecule has 0 saturated carbocycles. The minimum atomic E-state index is -0.601. The monoisotopic (exact) mass is 365 g/mol. The van der Waals surface area contributed by atoms with Gasteiger partial charge in [-0.3, -0.25) is 9.48 Å². The topological polar surface area (TPSA) is 82.5 Å². The molecular formula is C17H20ClN3O4. The summed E-state index contributed by atoms with van der Waals surface area (Å²) in [6.45, 7) is 5.89. The standard InChI is InChI=1S/C17H20ClN3O4/c1-5-21-9-13(15(20-21)17(23)25-10(2)3)19-16(22)12-8-11(18)6-7-14(12)24-4/h6-10H,5H2,1-4H3,(H,19,22). The molecule has 0 atom stereocenters. The zero-order chi connectivity index (χ0) is 18.6. The van der Waals surface area contributed by atoms with Crippen LogP contribution in [0.3, 0.4) is 0 Å². The average molecular weight is 366 g/mol. The van der Waals surface area contributed by atoms with Crippen molar-refractivity contribution in [2.45, 2.75) is 33.4 Å². The van der Waals surface area contributed by atoms with Crippen LogP contribution in [0.5, 0.6) is 5.75 Å². The summed E-state index contributed by atoms with van der Waals surface area (Å²) in [5.74, 6) is -0.694. The molecule has 0 aliphatic rings. The van der Waals surface area contributed by atoms with E-state index in [9.17, 15) is 9.59 Å².